The summed E-state index contributed by atoms with van der Waals surface area (Å²) in [5, 5.41) is 2.91. The molecule has 0 spiro atoms. The molecule has 1 N–H and O–H groups in total. The van der Waals surface area contributed by atoms with Crippen LogP contribution >= 0.6 is 0 Å². The van der Waals surface area contributed by atoms with Crippen molar-refractivity contribution >= 4 is 17.7 Å². The van der Waals surface area contributed by atoms with Gasteiger partial charge in [0.1, 0.15) is 0 Å². The maximum Gasteiger partial charge on any atom is 0.312 e. The third-order valence-corrected chi connectivity index (χ3v) is 4.10. The van der Waals surface area contributed by atoms with E-state index in [0.29, 0.717) is 25.2 Å². The fraction of sp³-hybridized carbons (Fsp3) is 0.471. The van der Waals surface area contributed by atoms with Gasteiger partial charge in [0.2, 0.25) is 0 Å². The first-order valence-electron chi connectivity index (χ1n) is 7.86. The number of piperazine rings is 1. The third-order valence-electron chi connectivity index (χ3n) is 4.10. The summed E-state index contributed by atoms with van der Waals surface area (Å²) in [6.45, 7) is 5.42. The van der Waals surface area contributed by atoms with Crippen molar-refractivity contribution < 1.29 is 14.4 Å². The lowest BCUT2D eigenvalue weighted by Crippen LogP contribution is -2.52. The van der Waals surface area contributed by atoms with Crippen LogP contribution in [0.15, 0.2) is 24.3 Å². The maximum absolute atomic E-state index is 12.0. The number of hydrogen-bond acceptors (Lipinski definition) is 3. The van der Waals surface area contributed by atoms with Crippen LogP contribution in [0.2, 0.25) is 0 Å². The van der Waals surface area contributed by atoms with Gasteiger partial charge < -0.3 is 15.1 Å². The molecule has 1 aromatic carbocycles. The second-order valence-corrected chi connectivity index (χ2v) is 5.93. The van der Waals surface area contributed by atoms with Crippen molar-refractivity contribution in [2.75, 3.05) is 20.1 Å². The number of likely N-dealkylation sites (N-methyl/N-ethyl adjacent to an activating group) is 1. The van der Waals surface area contributed by atoms with Crippen molar-refractivity contribution in [1.29, 1.82) is 0 Å². The van der Waals surface area contributed by atoms with Crippen LogP contribution in [0.3, 0.4) is 0 Å². The van der Waals surface area contributed by atoms with Gasteiger partial charge >= 0.3 is 11.8 Å². The van der Waals surface area contributed by atoms with Gasteiger partial charge in [0.05, 0.1) is 0 Å². The average Bonchev–Trinajstić information content (AvgIpc) is 2.55. The summed E-state index contributed by atoms with van der Waals surface area (Å²) in [5.74, 6) is -1.05. The van der Waals surface area contributed by atoms with Crippen LogP contribution in [0.1, 0.15) is 36.2 Å². The Balaban J connectivity index is 1.99. The highest BCUT2D eigenvalue weighted by atomic mass is 16.2. The van der Waals surface area contributed by atoms with E-state index in [0.717, 1.165) is 12.0 Å². The molecule has 1 saturated heterocycles. The summed E-state index contributed by atoms with van der Waals surface area (Å²) in [6, 6.07) is 7.27. The molecule has 0 radical (unpaired) electrons. The Bertz CT molecular complexity index is 598. The Labute approximate surface area is 136 Å². The van der Waals surface area contributed by atoms with Gasteiger partial charge in [-0.2, -0.15) is 0 Å². The molecule has 124 valence electrons. The van der Waals surface area contributed by atoms with Gasteiger partial charge in [-0.25, -0.2) is 0 Å². The van der Waals surface area contributed by atoms with Gasteiger partial charge in [-0.3, -0.25) is 14.4 Å². The molecule has 0 saturated carbocycles. The Hall–Kier alpha value is -2.37. The Morgan fingerprint density at radius 1 is 1.17 bits per heavy atom. The first-order valence-corrected chi connectivity index (χ1v) is 7.86. The molecule has 0 unspecified atom stereocenters. The average molecular weight is 317 g/mol. The van der Waals surface area contributed by atoms with E-state index in [1.165, 1.54) is 9.80 Å². The van der Waals surface area contributed by atoms with Crippen LogP contribution in [0, 0.1) is 0 Å². The summed E-state index contributed by atoms with van der Waals surface area (Å²) < 4.78 is 0. The third kappa shape index (κ3) is 4.09. The maximum atomic E-state index is 12.0. The lowest BCUT2D eigenvalue weighted by Gasteiger charge is -2.31. The van der Waals surface area contributed by atoms with E-state index in [1.807, 2.05) is 26.0 Å². The van der Waals surface area contributed by atoms with E-state index in [-0.39, 0.29) is 11.9 Å². The summed E-state index contributed by atoms with van der Waals surface area (Å²) in [6.07, 6.45) is 0.878. The Morgan fingerprint density at radius 2 is 1.83 bits per heavy atom. The highest BCUT2D eigenvalue weighted by molar-refractivity contribution is 6.35. The van der Waals surface area contributed by atoms with Crippen molar-refractivity contribution in [3.05, 3.63) is 35.4 Å². The van der Waals surface area contributed by atoms with Gasteiger partial charge in [0.25, 0.3) is 5.91 Å². The number of nitrogens with zero attached hydrogens (tertiary/aromatic N) is 2. The summed E-state index contributed by atoms with van der Waals surface area (Å²) in [5.41, 5.74) is 1.49. The van der Waals surface area contributed by atoms with Gasteiger partial charge in [0, 0.05) is 38.3 Å². The summed E-state index contributed by atoms with van der Waals surface area (Å²) in [4.78, 5) is 38.6. The summed E-state index contributed by atoms with van der Waals surface area (Å²) >= 11 is 0. The van der Waals surface area contributed by atoms with Crippen molar-refractivity contribution in [3.8, 4) is 0 Å². The molecule has 6 heteroatoms. The van der Waals surface area contributed by atoms with Crippen LogP contribution < -0.4 is 5.32 Å². The van der Waals surface area contributed by atoms with E-state index >= 15 is 0 Å². The molecule has 0 aromatic heterocycles. The predicted octanol–water partition coefficient (Wildman–Crippen LogP) is 1.02. The van der Waals surface area contributed by atoms with E-state index < -0.39 is 11.8 Å². The highest BCUT2D eigenvalue weighted by Crippen LogP contribution is 2.11. The summed E-state index contributed by atoms with van der Waals surface area (Å²) in [7, 11) is 1.63. The largest absolute Gasteiger partial charge is 0.350 e. The predicted molar refractivity (Wildman–Crippen MR) is 86.7 cm³/mol. The lowest BCUT2D eigenvalue weighted by atomic mass is 10.1. The molecule has 1 fully saturated rings. The SMILES string of the molecule is CC[C@H](C)NC(=O)c1ccc(CN2CCN(C)C(=O)C2=O)cc1. The molecule has 6 nitrogen and oxygen atoms in total. The number of amides is 3. The Kier molecular flexibility index (Phi) is 5.36. The van der Waals surface area contributed by atoms with Gasteiger partial charge in [-0.05, 0) is 31.0 Å². The second kappa shape index (κ2) is 7.26. The monoisotopic (exact) mass is 317 g/mol. The zero-order valence-electron chi connectivity index (χ0n) is 13.8. The van der Waals surface area contributed by atoms with Crippen molar-refractivity contribution in [2.24, 2.45) is 0 Å². The fourth-order valence-corrected chi connectivity index (χ4v) is 2.31. The fourth-order valence-electron chi connectivity index (χ4n) is 2.31. The van der Waals surface area contributed by atoms with E-state index in [9.17, 15) is 14.4 Å². The van der Waals surface area contributed by atoms with Crippen LogP contribution in [0.25, 0.3) is 0 Å². The Morgan fingerprint density at radius 3 is 2.43 bits per heavy atom. The molecule has 23 heavy (non-hydrogen) atoms. The van der Waals surface area contributed by atoms with Crippen molar-refractivity contribution in [3.63, 3.8) is 0 Å². The molecule has 2 rings (SSSR count). The number of rotatable bonds is 5. The topological polar surface area (TPSA) is 69.7 Å². The molecule has 1 aromatic rings. The normalized spacial score (nSPS) is 16.5. The van der Waals surface area contributed by atoms with E-state index in [2.05, 4.69) is 5.32 Å². The minimum absolute atomic E-state index is 0.100. The lowest BCUT2D eigenvalue weighted by molar-refractivity contribution is -0.155. The second-order valence-electron chi connectivity index (χ2n) is 5.93. The molecule has 0 aliphatic carbocycles. The molecule has 1 heterocycles. The molecule has 1 atom stereocenters. The van der Waals surface area contributed by atoms with Gasteiger partial charge in [0.15, 0.2) is 0 Å². The first kappa shape index (κ1) is 17.0. The van der Waals surface area contributed by atoms with E-state index in [1.54, 1.807) is 19.2 Å². The number of nitrogens with one attached hydrogen (secondary N) is 1. The minimum atomic E-state index is -0.475. The zero-order chi connectivity index (χ0) is 17.0. The van der Waals surface area contributed by atoms with Crippen LogP contribution in [-0.2, 0) is 16.1 Å². The molecular formula is C17H23N3O3. The van der Waals surface area contributed by atoms with Crippen LogP contribution in [0.5, 0.6) is 0 Å². The van der Waals surface area contributed by atoms with E-state index in [4.69, 9.17) is 0 Å². The standard InChI is InChI=1S/C17H23N3O3/c1-4-12(2)18-15(21)14-7-5-13(6-8-14)11-20-10-9-19(3)16(22)17(20)23/h5-8,12H,4,9-11H2,1-3H3,(H,18,21)/t12-/m0/s1. The number of carbonyl (C=O) groups excluding carboxylic acids is 3. The highest BCUT2D eigenvalue weighted by Gasteiger charge is 2.30. The van der Waals surface area contributed by atoms with Crippen LogP contribution in [-0.4, -0.2) is 53.7 Å². The smallest absolute Gasteiger partial charge is 0.312 e. The molecular weight excluding hydrogens is 294 g/mol. The number of carbonyl (C=O) groups is 3. The minimum Gasteiger partial charge on any atom is -0.350 e. The number of hydrogen-bond donors (Lipinski definition) is 1. The molecule has 3 amide bonds. The number of benzene rings is 1. The van der Waals surface area contributed by atoms with Crippen molar-refractivity contribution in [1.82, 2.24) is 15.1 Å². The molecule has 1 aliphatic rings. The molecule has 0 bridgehead atoms. The molecule has 1 aliphatic heterocycles. The van der Waals surface area contributed by atoms with Crippen molar-refractivity contribution in [2.45, 2.75) is 32.9 Å². The van der Waals surface area contributed by atoms with Gasteiger partial charge in [-0.1, -0.05) is 19.1 Å². The quantitative estimate of drug-likeness (QED) is 0.824. The van der Waals surface area contributed by atoms with Crippen LogP contribution in [0.4, 0.5) is 0 Å². The first-order chi connectivity index (χ1) is 10.9. The zero-order valence-corrected chi connectivity index (χ0v) is 13.8. The van der Waals surface area contributed by atoms with Gasteiger partial charge in [-0.15, -0.1) is 0 Å².